The van der Waals surface area contributed by atoms with Gasteiger partial charge in [0.15, 0.2) is 24.8 Å². The van der Waals surface area contributed by atoms with Crippen LogP contribution in [0.5, 0.6) is 0 Å². The third kappa shape index (κ3) is 2.26. The Hall–Kier alpha value is -1.67. The molecule has 0 aliphatic carbocycles. The van der Waals surface area contributed by atoms with Gasteiger partial charge in [-0.2, -0.15) is 0 Å². The molecule has 7 nitrogen and oxygen atoms in total. The molecule has 4 rings (SSSR count). The van der Waals surface area contributed by atoms with Gasteiger partial charge in [0.2, 0.25) is 0 Å². The van der Waals surface area contributed by atoms with Crippen molar-refractivity contribution in [3.63, 3.8) is 0 Å². The van der Waals surface area contributed by atoms with Crippen molar-refractivity contribution in [3.8, 4) is 0 Å². The van der Waals surface area contributed by atoms with Gasteiger partial charge in [0.1, 0.15) is 12.2 Å². The fourth-order valence-corrected chi connectivity index (χ4v) is 3.03. The highest BCUT2D eigenvalue weighted by Gasteiger charge is 2.57. The molecule has 1 aromatic rings. The lowest BCUT2D eigenvalue weighted by molar-refractivity contribution is -0.343. The molecule has 3 aliphatic heterocycles. The Morgan fingerprint density at radius 1 is 1.05 bits per heavy atom. The van der Waals surface area contributed by atoms with Gasteiger partial charge < -0.3 is 28.4 Å². The zero-order valence-corrected chi connectivity index (χ0v) is 11.9. The van der Waals surface area contributed by atoms with Gasteiger partial charge in [-0.05, 0) is 0 Å². The molecule has 0 amide bonds. The van der Waals surface area contributed by atoms with E-state index in [1.807, 2.05) is 30.3 Å². The van der Waals surface area contributed by atoms with Crippen LogP contribution in [0.25, 0.3) is 0 Å². The molecule has 3 heterocycles. The number of rotatable bonds is 2. The minimum Gasteiger partial charge on any atom is -0.424 e. The largest absolute Gasteiger partial charge is 0.509 e. The van der Waals surface area contributed by atoms with Crippen molar-refractivity contribution in [2.24, 2.45) is 0 Å². The third-order valence-electron chi connectivity index (χ3n) is 4.05. The molecular formula is C15H16O7. The van der Waals surface area contributed by atoms with E-state index < -0.39 is 37.0 Å². The molecule has 0 spiro atoms. The summed E-state index contributed by atoms with van der Waals surface area (Å²) in [6, 6.07) is 9.58. The maximum atomic E-state index is 11.5. The van der Waals surface area contributed by atoms with Gasteiger partial charge in [-0.1, -0.05) is 30.3 Å². The predicted octanol–water partition coefficient (Wildman–Crippen LogP) is 1.38. The van der Waals surface area contributed by atoms with Crippen LogP contribution in [0.3, 0.4) is 0 Å². The smallest absolute Gasteiger partial charge is 0.424 e. The van der Waals surface area contributed by atoms with Gasteiger partial charge in [-0.15, -0.1) is 0 Å². The molecule has 0 radical (unpaired) electrons. The summed E-state index contributed by atoms with van der Waals surface area (Å²) >= 11 is 0. The van der Waals surface area contributed by atoms with Crippen LogP contribution in [0.2, 0.25) is 0 Å². The highest BCUT2D eigenvalue weighted by atomic mass is 16.8. The minimum atomic E-state index is -0.729. The Morgan fingerprint density at radius 2 is 1.82 bits per heavy atom. The molecule has 0 saturated carbocycles. The first-order chi connectivity index (χ1) is 10.8. The van der Waals surface area contributed by atoms with Gasteiger partial charge in [-0.25, -0.2) is 4.79 Å². The van der Waals surface area contributed by atoms with E-state index in [4.69, 9.17) is 28.4 Å². The molecule has 22 heavy (non-hydrogen) atoms. The highest BCUT2D eigenvalue weighted by Crippen LogP contribution is 2.38. The summed E-state index contributed by atoms with van der Waals surface area (Å²) < 4.78 is 33.0. The molecule has 1 aromatic carbocycles. The van der Waals surface area contributed by atoms with E-state index in [9.17, 15) is 4.79 Å². The second-order valence-corrected chi connectivity index (χ2v) is 5.37. The Labute approximate surface area is 127 Å². The maximum Gasteiger partial charge on any atom is 0.509 e. The first-order valence-electron chi connectivity index (χ1n) is 7.14. The molecule has 3 saturated heterocycles. The van der Waals surface area contributed by atoms with Crippen molar-refractivity contribution in [2.45, 2.75) is 37.0 Å². The third-order valence-corrected chi connectivity index (χ3v) is 4.05. The predicted molar refractivity (Wildman–Crippen MR) is 70.8 cm³/mol. The van der Waals surface area contributed by atoms with Crippen molar-refractivity contribution >= 4 is 6.16 Å². The van der Waals surface area contributed by atoms with Crippen LogP contribution >= 0.6 is 0 Å². The average Bonchev–Trinajstić information content (AvgIpc) is 2.96. The van der Waals surface area contributed by atoms with Gasteiger partial charge in [0.25, 0.3) is 0 Å². The van der Waals surface area contributed by atoms with Gasteiger partial charge in [0.05, 0.1) is 6.61 Å². The van der Waals surface area contributed by atoms with E-state index in [1.54, 1.807) is 0 Å². The molecule has 6 atom stereocenters. The van der Waals surface area contributed by atoms with E-state index in [0.29, 0.717) is 6.61 Å². The van der Waals surface area contributed by atoms with E-state index in [0.717, 1.165) is 5.56 Å². The Kier molecular flexibility index (Phi) is 3.50. The highest BCUT2D eigenvalue weighted by molar-refractivity contribution is 5.63. The maximum absolute atomic E-state index is 11.5. The first kappa shape index (κ1) is 14.0. The van der Waals surface area contributed by atoms with Crippen molar-refractivity contribution in [1.29, 1.82) is 0 Å². The summed E-state index contributed by atoms with van der Waals surface area (Å²) in [4.78, 5) is 11.5. The molecule has 3 aliphatic rings. The summed E-state index contributed by atoms with van der Waals surface area (Å²) in [5.41, 5.74) is 0.900. The lowest BCUT2D eigenvalue weighted by Crippen LogP contribution is -2.61. The Bertz CT molecular complexity index is 548. The van der Waals surface area contributed by atoms with Crippen molar-refractivity contribution in [2.75, 3.05) is 13.7 Å². The lowest BCUT2D eigenvalue weighted by Gasteiger charge is -2.44. The average molecular weight is 308 g/mol. The molecular weight excluding hydrogens is 292 g/mol. The van der Waals surface area contributed by atoms with Gasteiger partial charge in [0, 0.05) is 12.7 Å². The van der Waals surface area contributed by atoms with Crippen LogP contribution in [-0.4, -0.2) is 50.6 Å². The van der Waals surface area contributed by atoms with E-state index >= 15 is 0 Å². The van der Waals surface area contributed by atoms with E-state index in [-0.39, 0.29) is 6.10 Å². The van der Waals surface area contributed by atoms with Crippen LogP contribution in [0, 0.1) is 0 Å². The zero-order valence-electron chi connectivity index (χ0n) is 11.9. The van der Waals surface area contributed by atoms with Crippen molar-refractivity contribution in [3.05, 3.63) is 35.9 Å². The first-order valence-corrected chi connectivity index (χ1v) is 7.14. The summed E-state index contributed by atoms with van der Waals surface area (Å²) in [6.45, 7) is 0.324. The number of ether oxygens (including phenoxy) is 6. The van der Waals surface area contributed by atoms with Gasteiger partial charge in [-0.3, -0.25) is 0 Å². The molecule has 0 bridgehead atoms. The monoisotopic (exact) mass is 308 g/mol. The van der Waals surface area contributed by atoms with Crippen molar-refractivity contribution < 1.29 is 33.2 Å². The normalized spacial score (nSPS) is 40.3. The second-order valence-electron chi connectivity index (χ2n) is 5.37. The number of fused-ring (bicyclic) bond motifs is 3. The topological polar surface area (TPSA) is 72.5 Å². The van der Waals surface area contributed by atoms with Crippen LogP contribution in [0.1, 0.15) is 11.9 Å². The lowest BCUT2D eigenvalue weighted by atomic mass is 9.98. The molecule has 1 unspecified atom stereocenters. The number of benzene rings is 1. The van der Waals surface area contributed by atoms with Crippen LogP contribution in [-0.2, 0) is 28.4 Å². The minimum absolute atomic E-state index is 0.324. The molecule has 3 fully saturated rings. The molecule has 0 aromatic heterocycles. The SMILES string of the molecule is CO[C@H]1O[C@@H]2COC(c3ccccc3)O[C@H]2[C@@H]2OC(=O)O[C@@H]12. The van der Waals surface area contributed by atoms with Crippen LogP contribution in [0.4, 0.5) is 4.79 Å². The number of carbonyl (C=O) groups excluding carboxylic acids is 1. The molecule has 7 heteroatoms. The summed E-state index contributed by atoms with van der Waals surface area (Å²) in [5, 5.41) is 0. The Balaban J connectivity index is 1.56. The molecule has 118 valence electrons. The Morgan fingerprint density at radius 3 is 2.59 bits per heavy atom. The van der Waals surface area contributed by atoms with Crippen LogP contribution in [0.15, 0.2) is 30.3 Å². The number of methoxy groups -OCH3 is 1. The van der Waals surface area contributed by atoms with Crippen molar-refractivity contribution in [1.82, 2.24) is 0 Å². The number of hydrogen-bond donors (Lipinski definition) is 0. The van der Waals surface area contributed by atoms with E-state index in [2.05, 4.69) is 0 Å². The quantitative estimate of drug-likeness (QED) is 0.764. The van der Waals surface area contributed by atoms with E-state index in [1.165, 1.54) is 7.11 Å². The van der Waals surface area contributed by atoms with Gasteiger partial charge >= 0.3 is 6.16 Å². The summed E-state index contributed by atoms with van der Waals surface area (Å²) in [5.74, 6) is 0. The fraction of sp³-hybridized carbons (Fsp3) is 0.533. The fourth-order valence-electron chi connectivity index (χ4n) is 3.03. The number of hydrogen-bond acceptors (Lipinski definition) is 7. The summed E-state index contributed by atoms with van der Waals surface area (Å²) in [7, 11) is 1.49. The second kappa shape index (κ2) is 5.51. The molecule has 0 N–H and O–H groups in total. The zero-order chi connectivity index (χ0) is 15.1. The summed E-state index contributed by atoms with van der Waals surface area (Å²) in [6.07, 6.45) is -3.96. The number of carbonyl (C=O) groups is 1. The standard InChI is InChI=1S/C15H16O7/c1-17-14-12-11(21-15(16)22-12)10-9(19-14)7-18-13(20-10)8-5-3-2-4-6-8/h2-6,9-14H,7H2,1H3/t9-,10-,11+,12-,13?,14+/m1/s1. The van der Waals surface area contributed by atoms with Crippen LogP contribution < -0.4 is 0 Å².